The number of ether oxygens (including phenoxy) is 1. The summed E-state index contributed by atoms with van der Waals surface area (Å²) in [6.45, 7) is 4.38. The SMILES string of the molecule is CCCCCCn1c(=O)[c-](C(=O)OCC)c(=O)c2ccccc21.[K+]. The number of rotatable bonds is 7. The number of para-hydroxylation sites is 1. The summed E-state index contributed by atoms with van der Waals surface area (Å²) in [5.41, 5.74) is -0.911. The molecule has 0 N–H and O–H groups in total. The van der Waals surface area contributed by atoms with Gasteiger partial charge in [-0.15, -0.1) is 11.5 Å². The van der Waals surface area contributed by atoms with Gasteiger partial charge in [0.15, 0.2) is 5.56 Å². The van der Waals surface area contributed by atoms with E-state index in [0.29, 0.717) is 17.4 Å². The molecule has 0 fully saturated rings. The van der Waals surface area contributed by atoms with Crippen LogP contribution < -0.4 is 62.4 Å². The molecule has 124 valence electrons. The normalized spacial score (nSPS) is 10.4. The van der Waals surface area contributed by atoms with E-state index in [4.69, 9.17) is 4.74 Å². The molecule has 0 aliphatic carbocycles. The van der Waals surface area contributed by atoms with Crippen molar-refractivity contribution in [3.05, 3.63) is 50.4 Å². The van der Waals surface area contributed by atoms with Crippen molar-refractivity contribution < 1.29 is 60.9 Å². The van der Waals surface area contributed by atoms with Gasteiger partial charge in [-0.05, 0) is 18.9 Å². The molecule has 1 heterocycles. The maximum absolute atomic E-state index is 12.6. The van der Waals surface area contributed by atoms with Crippen molar-refractivity contribution in [3.8, 4) is 0 Å². The summed E-state index contributed by atoms with van der Waals surface area (Å²) in [4.78, 5) is 37.1. The molecule has 2 rings (SSSR count). The van der Waals surface area contributed by atoms with E-state index in [2.05, 4.69) is 6.92 Å². The molecule has 0 aliphatic heterocycles. The van der Waals surface area contributed by atoms with E-state index in [-0.39, 0.29) is 63.6 Å². The van der Waals surface area contributed by atoms with Crippen LogP contribution >= 0.6 is 0 Å². The fraction of sp³-hybridized carbons (Fsp3) is 0.444. The largest absolute Gasteiger partial charge is 1.00 e. The molecule has 6 heteroatoms. The number of carbonyl (C=O) groups is 1. The number of aromatic nitrogens is 1. The molecule has 0 unspecified atom stereocenters. The first-order valence-electron chi connectivity index (χ1n) is 8.11. The van der Waals surface area contributed by atoms with Gasteiger partial charge in [-0.2, -0.15) is 0 Å². The number of nitrogens with zero attached hydrogens (tertiary/aromatic N) is 1. The Labute approximate surface area is 183 Å². The topological polar surface area (TPSA) is 65.4 Å². The first kappa shape index (κ1) is 21.4. The second kappa shape index (κ2) is 10.4. The van der Waals surface area contributed by atoms with Crippen LogP contribution in [0.5, 0.6) is 0 Å². The predicted molar refractivity (Wildman–Crippen MR) is 90.2 cm³/mol. The third kappa shape index (κ3) is 4.70. The quantitative estimate of drug-likeness (QED) is 0.300. The molecule has 5 nitrogen and oxygen atoms in total. The number of hydrogen-bond acceptors (Lipinski definition) is 4. The third-order valence-electron chi connectivity index (χ3n) is 3.84. The molecule has 2 aromatic rings. The summed E-state index contributed by atoms with van der Waals surface area (Å²) < 4.78 is 6.41. The molecule has 1 aromatic heterocycles. The molecule has 0 bridgehead atoms. The van der Waals surface area contributed by atoms with Crippen LogP contribution in [0.1, 0.15) is 49.9 Å². The van der Waals surface area contributed by atoms with Crippen LogP contribution in [0.25, 0.3) is 10.9 Å². The van der Waals surface area contributed by atoms with Crippen LogP contribution in [0.2, 0.25) is 0 Å². The zero-order valence-corrected chi connectivity index (χ0v) is 17.8. The van der Waals surface area contributed by atoms with E-state index >= 15 is 0 Å². The Balaban J connectivity index is 0.00000288. The fourth-order valence-electron chi connectivity index (χ4n) is 2.68. The smallest absolute Gasteiger partial charge is 0.476 e. The number of aryl methyl sites for hydroxylation is 1. The van der Waals surface area contributed by atoms with Crippen molar-refractivity contribution in [2.24, 2.45) is 0 Å². The fourth-order valence-corrected chi connectivity index (χ4v) is 2.68. The number of carbonyl (C=O) groups excluding carboxylic acids is 1. The Morgan fingerprint density at radius 1 is 1.12 bits per heavy atom. The zero-order chi connectivity index (χ0) is 16.8. The minimum Gasteiger partial charge on any atom is -0.476 e. The second-order valence-electron chi connectivity index (χ2n) is 5.46. The molecule has 0 saturated carbocycles. The Hall–Kier alpha value is -0.664. The minimum atomic E-state index is -0.837. The molecule has 0 saturated heterocycles. The van der Waals surface area contributed by atoms with Crippen molar-refractivity contribution >= 4 is 16.9 Å². The van der Waals surface area contributed by atoms with E-state index in [1.54, 1.807) is 31.2 Å². The van der Waals surface area contributed by atoms with E-state index < -0.39 is 17.0 Å². The number of unbranched alkanes of at least 4 members (excludes halogenated alkanes) is 3. The molecule has 0 spiro atoms. The van der Waals surface area contributed by atoms with Crippen LogP contribution in [0.15, 0.2) is 33.9 Å². The van der Waals surface area contributed by atoms with Gasteiger partial charge in [0.2, 0.25) is 0 Å². The predicted octanol–water partition coefficient (Wildman–Crippen LogP) is -0.158. The zero-order valence-electron chi connectivity index (χ0n) is 14.6. The monoisotopic (exact) mass is 355 g/mol. The summed E-state index contributed by atoms with van der Waals surface area (Å²) in [6, 6.07) is 6.90. The van der Waals surface area contributed by atoms with Gasteiger partial charge >= 0.3 is 51.4 Å². The van der Waals surface area contributed by atoms with Crippen LogP contribution in [0.4, 0.5) is 0 Å². The van der Waals surface area contributed by atoms with Crippen molar-refractivity contribution in [3.63, 3.8) is 0 Å². The first-order valence-corrected chi connectivity index (χ1v) is 8.11. The number of pyridine rings is 1. The summed E-state index contributed by atoms with van der Waals surface area (Å²) >= 11 is 0. The number of esters is 1. The Morgan fingerprint density at radius 2 is 1.83 bits per heavy atom. The first-order chi connectivity index (χ1) is 11.1. The summed E-state index contributed by atoms with van der Waals surface area (Å²) in [6.07, 6.45) is 4.03. The van der Waals surface area contributed by atoms with Gasteiger partial charge in [-0.25, -0.2) is 0 Å². The van der Waals surface area contributed by atoms with E-state index in [1.165, 1.54) is 4.57 Å². The standard InChI is InChI=1S/C18H22NO4.K/c1-3-5-6-9-12-19-14-11-8-7-10-13(14)16(20)15(17(19)21)18(22)23-4-2;/h7-8,10-11H,3-6,9,12H2,1-2H3;/q-1;+1. The summed E-state index contributed by atoms with van der Waals surface area (Å²) in [5.74, 6) is -0.837. The van der Waals surface area contributed by atoms with Crippen LogP contribution in [-0.4, -0.2) is 17.1 Å². The molecule has 0 radical (unpaired) electrons. The summed E-state index contributed by atoms with van der Waals surface area (Å²) in [5, 5.41) is 0.380. The third-order valence-corrected chi connectivity index (χ3v) is 3.84. The van der Waals surface area contributed by atoms with Crippen molar-refractivity contribution in [1.82, 2.24) is 4.57 Å². The van der Waals surface area contributed by atoms with Crippen LogP contribution in [-0.2, 0) is 11.3 Å². The molecule has 0 amide bonds. The Bertz CT molecular complexity index is 807. The molecule has 24 heavy (non-hydrogen) atoms. The van der Waals surface area contributed by atoms with E-state index in [9.17, 15) is 14.4 Å². The Morgan fingerprint density at radius 3 is 2.50 bits per heavy atom. The molecule has 0 aliphatic rings. The van der Waals surface area contributed by atoms with Gasteiger partial charge in [0.25, 0.3) is 5.97 Å². The van der Waals surface area contributed by atoms with Gasteiger partial charge in [-0.3, -0.25) is 9.59 Å². The van der Waals surface area contributed by atoms with Crippen molar-refractivity contribution in [2.75, 3.05) is 6.61 Å². The number of hydrogen-bond donors (Lipinski definition) is 0. The van der Waals surface area contributed by atoms with Gasteiger partial charge in [0.1, 0.15) is 0 Å². The van der Waals surface area contributed by atoms with Crippen LogP contribution in [0, 0.1) is 0 Å². The van der Waals surface area contributed by atoms with E-state index in [0.717, 1.165) is 25.7 Å². The molecule has 1 aromatic carbocycles. The van der Waals surface area contributed by atoms with Gasteiger partial charge in [0.05, 0.1) is 6.61 Å². The van der Waals surface area contributed by atoms with Crippen molar-refractivity contribution in [1.29, 1.82) is 0 Å². The number of benzene rings is 1. The van der Waals surface area contributed by atoms with Gasteiger partial charge < -0.3 is 14.1 Å². The van der Waals surface area contributed by atoms with Gasteiger partial charge in [-0.1, -0.05) is 44.4 Å². The molecular formula is C18H22KNO4. The maximum atomic E-state index is 12.6. The molecular weight excluding hydrogens is 333 g/mol. The van der Waals surface area contributed by atoms with Crippen molar-refractivity contribution in [2.45, 2.75) is 46.1 Å². The van der Waals surface area contributed by atoms with Crippen LogP contribution in [0.3, 0.4) is 0 Å². The minimum absolute atomic E-state index is 0. The van der Waals surface area contributed by atoms with Gasteiger partial charge in [0, 0.05) is 17.5 Å². The average Bonchev–Trinajstić information content (AvgIpc) is 2.54. The second-order valence-corrected chi connectivity index (χ2v) is 5.46. The molecule has 0 atom stereocenters. The van der Waals surface area contributed by atoms with E-state index in [1.807, 2.05) is 0 Å². The summed E-state index contributed by atoms with van der Waals surface area (Å²) in [7, 11) is 0. The Kier molecular flexibility index (Phi) is 9.22. The number of fused-ring (bicyclic) bond motifs is 1. The maximum Gasteiger partial charge on any atom is 1.00 e. The average molecular weight is 355 g/mol.